The fourth-order valence-electron chi connectivity index (χ4n) is 2.68. The number of fused-ring (bicyclic) bond motifs is 3. The molecule has 6 heteroatoms. The molecule has 3 rings (SSSR count). The molecule has 0 amide bonds. The molecule has 0 spiro atoms. The summed E-state index contributed by atoms with van der Waals surface area (Å²) in [4.78, 5) is 9.87. The molecule has 0 aromatic carbocycles. The van der Waals surface area contributed by atoms with Crippen LogP contribution in [0.2, 0.25) is 0 Å². The van der Waals surface area contributed by atoms with Gasteiger partial charge in [-0.2, -0.15) is 0 Å². The van der Waals surface area contributed by atoms with Gasteiger partial charge in [0.25, 0.3) is 0 Å². The average Bonchev–Trinajstić information content (AvgIpc) is 2.43. The normalized spacial score (nSPS) is 29.8. The zero-order chi connectivity index (χ0) is 12.8. The van der Waals surface area contributed by atoms with Gasteiger partial charge in [0, 0.05) is 51.9 Å². The van der Waals surface area contributed by atoms with E-state index in [0.29, 0.717) is 6.04 Å². The third-order valence-corrected chi connectivity index (χ3v) is 3.74. The number of hydrogen-bond donors (Lipinski definition) is 2. The third kappa shape index (κ3) is 5.07. The monoisotopic (exact) mass is 381 g/mol. The fraction of sp³-hybridized carbons (Fsp3) is 0.923. The lowest BCUT2D eigenvalue weighted by molar-refractivity contribution is 0.0174. The SMILES string of the molecule is CCCNC(=NCC1CN2CCN1CC2)NCC.I. The summed E-state index contributed by atoms with van der Waals surface area (Å²) in [5.41, 5.74) is 0. The second-order valence-corrected chi connectivity index (χ2v) is 5.14. The molecule has 0 aliphatic carbocycles. The van der Waals surface area contributed by atoms with Crippen molar-refractivity contribution in [3.8, 4) is 0 Å². The zero-order valence-corrected chi connectivity index (χ0v) is 14.5. The number of guanidine groups is 1. The highest BCUT2D eigenvalue weighted by atomic mass is 127. The van der Waals surface area contributed by atoms with Crippen molar-refractivity contribution in [1.82, 2.24) is 20.4 Å². The minimum absolute atomic E-state index is 0. The fourth-order valence-corrected chi connectivity index (χ4v) is 2.68. The van der Waals surface area contributed by atoms with Gasteiger partial charge in [0.1, 0.15) is 0 Å². The van der Waals surface area contributed by atoms with Crippen molar-refractivity contribution in [2.75, 3.05) is 52.4 Å². The molecule has 0 aromatic rings. The topological polar surface area (TPSA) is 42.9 Å². The second-order valence-electron chi connectivity index (χ2n) is 5.14. The Bertz CT molecular complexity index is 276. The van der Waals surface area contributed by atoms with Gasteiger partial charge in [-0.25, -0.2) is 0 Å². The van der Waals surface area contributed by atoms with Crippen LogP contribution in [0.5, 0.6) is 0 Å². The van der Waals surface area contributed by atoms with E-state index < -0.39 is 0 Å². The van der Waals surface area contributed by atoms with E-state index in [0.717, 1.165) is 32.0 Å². The maximum atomic E-state index is 4.72. The Labute approximate surface area is 134 Å². The Morgan fingerprint density at radius 3 is 2.42 bits per heavy atom. The summed E-state index contributed by atoms with van der Waals surface area (Å²) < 4.78 is 0. The molecule has 19 heavy (non-hydrogen) atoms. The molecule has 1 unspecified atom stereocenters. The van der Waals surface area contributed by atoms with Gasteiger partial charge in [-0.05, 0) is 13.3 Å². The van der Waals surface area contributed by atoms with Crippen molar-refractivity contribution in [1.29, 1.82) is 0 Å². The quantitative estimate of drug-likeness (QED) is 0.415. The van der Waals surface area contributed by atoms with Gasteiger partial charge in [0.15, 0.2) is 5.96 Å². The summed E-state index contributed by atoms with van der Waals surface area (Å²) in [7, 11) is 0. The van der Waals surface area contributed by atoms with Crippen molar-refractivity contribution >= 4 is 29.9 Å². The Hall–Kier alpha value is -0.0800. The van der Waals surface area contributed by atoms with Crippen molar-refractivity contribution < 1.29 is 0 Å². The molecule has 112 valence electrons. The van der Waals surface area contributed by atoms with Gasteiger partial charge in [0.05, 0.1) is 6.54 Å². The Balaban J connectivity index is 0.00000180. The predicted octanol–water partition coefficient (Wildman–Crippen LogP) is 0.569. The van der Waals surface area contributed by atoms with Crippen LogP contribution in [0.4, 0.5) is 0 Å². The van der Waals surface area contributed by atoms with Crippen LogP contribution in [-0.4, -0.2) is 74.2 Å². The lowest BCUT2D eigenvalue weighted by Crippen LogP contribution is -2.62. The molecule has 0 aromatic heterocycles. The number of hydrogen-bond acceptors (Lipinski definition) is 3. The first-order valence-electron chi connectivity index (χ1n) is 7.32. The zero-order valence-electron chi connectivity index (χ0n) is 12.2. The van der Waals surface area contributed by atoms with Gasteiger partial charge in [-0.15, -0.1) is 24.0 Å². The number of halogens is 1. The number of piperazine rings is 3. The Kier molecular flexibility index (Phi) is 8.01. The lowest BCUT2D eigenvalue weighted by Gasteiger charge is -2.47. The van der Waals surface area contributed by atoms with Crippen LogP contribution < -0.4 is 10.6 Å². The van der Waals surface area contributed by atoms with Crippen molar-refractivity contribution in [3.63, 3.8) is 0 Å². The lowest BCUT2D eigenvalue weighted by atomic mass is 10.1. The van der Waals surface area contributed by atoms with Gasteiger partial charge in [-0.1, -0.05) is 6.92 Å². The minimum Gasteiger partial charge on any atom is -0.357 e. The summed E-state index contributed by atoms with van der Waals surface area (Å²) in [5.74, 6) is 0.969. The molecule has 2 bridgehead atoms. The largest absolute Gasteiger partial charge is 0.357 e. The van der Waals surface area contributed by atoms with E-state index in [9.17, 15) is 0 Å². The highest BCUT2D eigenvalue weighted by Gasteiger charge is 2.31. The van der Waals surface area contributed by atoms with E-state index in [1.165, 1.54) is 32.7 Å². The molecule has 0 saturated carbocycles. The van der Waals surface area contributed by atoms with E-state index in [1.807, 2.05) is 0 Å². The molecule has 3 aliphatic heterocycles. The molecule has 1 atom stereocenters. The highest BCUT2D eigenvalue weighted by molar-refractivity contribution is 14.0. The summed E-state index contributed by atoms with van der Waals surface area (Å²) in [6.07, 6.45) is 1.13. The third-order valence-electron chi connectivity index (χ3n) is 3.74. The van der Waals surface area contributed by atoms with Gasteiger partial charge in [-0.3, -0.25) is 14.8 Å². The van der Waals surface area contributed by atoms with Gasteiger partial charge in [0.2, 0.25) is 0 Å². The van der Waals surface area contributed by atoms with Crippen LogP contribution in [0.25, 0.3) is 0 Å². The van der Waals surface area contributed by atoms with Crippen molar-refractivity contribution in [2.45, 2.75) is 26.3 Å². The van der Waals surface area contributed by atoms with Crippen LogP contribution in [0.15, 0.2) is 4.99 Å². The summed E-state index contributed by atoms with van der Waals surface area (Å²) in [6, 6.07) is 0.615. The molecule has 3 aliphatic rings. The summed E-state index contributed by atoms with van der Waals surface area (Å²) >= 11 is 0. The molecule has 3 heterocycles. The maximum absolute atomic E-state index is 4.72. The molecule has 3 saturated heterocycles. The number of aliphatic imine (C=N–C) groups is 1. The molecular formula is C13H28IN5. The van der Waals surface area contributed by atoms with Crippen LogP contribution in [0.1, 0.15) is 20.3 Å². The van der Waals surface area contributed by atoms with Crippen LogP contribution >= 0.6 is 24.0 Å². The highest BCUT2D eigenvalue weighted by Crippen LogP contribution is 2.15. The van der Waals surface area contributed by atoms with E-state index in [1.54, 1.807) is 0 Å². The van der Waals surface area contributed by atoms with Crippen LogP contribution in [0, 0.1) is 0 Å². The average molecular weight is 381 g/mol. The van der Waals surface area contributed by atoms with Crippen molar-refractivity contribution in [3.05, 3.63) is 0 Å². The first-order valence-corrected chi connectivity index (χ1v) is 7.32. The molecule has 2 N–H and O–H groups in total. The standard InChI is InChI=1S/C13H27N5.HI/c1-3-5-15-13(14-4-2)16-10-12-11-17-6-8-18(12)9-7-17;/h12H,3-11H2,1-2H3,(H2,14,15,16);1H. The van der Waals surface area contributed by atoms with Gasteiger partial charge >= 0.3 is 0 Å². The molecular weight excluding hydrogens is 353 g/mol. The number of nitrogens with one attached hydrogen (secondary N) is 2. The molecule has 0 radical (unpaired) electrons. The Morgan fingerprint density at radius 1 is 1.16 bits per heavy atom. The van der Waals surface area contributed by atoms with E-state index in [4.69, 9.17) is 4.99 Å². The summed E-state index contributed by atoms with van der Waals surface area (Å²) in [6.45, 7) is 13.2. The maximum Gasteiger partial charge on any atom is 0.191 e. The Morgan fingerprint density at radius 2 is 1.89 bits per heavy atom. The van der Waals surface area contributed by atoms with Gasteiger partial charge < -0.3 is 10.6 Å². The van der Waals surface area contributed by atoms with Crippen LogP contribution in [-0.2, 0) is 0 Å². The molecule has 5 nitrogen and oxygen atoms in total. The smallest absolute Gasteiger partial charge is 0.191 e. The second kappa shape index (κ2) is 8.97. The first kappa shape index (κ1) is 17.0. The van der Waals surface area contributed by atoms with E-state index >= 15 is 0 Å². The van der Waals surface area contributed by atoms with E-state index in [2.05, 4.69) is 34.3 Å². The molecule has 3 fully saturated rings. The first-order chi connectivity index (χ1) is 8.83. The minimum atomic E-state index is 0. The number of rotatable bonds is 5. The number of nitrogens with zero attached hydrogens (tertiary/aromatic N) is 3. The predicted molar refractivity (Wildman–Crippen MR) is 91.5 cm³/mol. The van der Waals surface area contributed by atoms with Crippen LogP contribution in [0.3, 0.4) is 0 Å². The van der Waals surface area contributed by atoms with Crippen molar-refractivity contribution in [2.24, 2.45) is 4.99 Å². The summed E-state index contributed by atoms with van der Waals surface area (Å²) in [5, 5.41) is 6.67. The van der Waals surface area contributed by atoms with E-state index in [-0.39, 0.29) is 24.0 Å².